The van der Waals surface area contributed by atoms with Gasteiger partial charge in [-0.3, -0.25) is 9.35 Å². The lowest BCUT2D eigenvalue weighted by Gasteiger charge is -2.60. The molecule has 248 valence electrons. The van der Waals surface area contributed by atoms with E-state index >= 15 is 0 Å². The van der Waals surface area contributed by atoms with Crippen LogP contribution in [0.5, 0.6) is 5.75 Å². The average molecular weight is 671 g/mol. The maximum Gasteiger partial charge on any atom is 0.303 e. The summed E-state index contributed by atoms with van der Waals surface area (Å²) < 4.78 is 52.9. The molecule has 0 aliphatic heterocycles. The second kappa shape index (κ2) is 12.0. The van der Waals surface area contributed by atoms with Crippen molar-refractivity contribution in [3.8, 4) is 50.3 Å². The third-order valence-electron chi connectivity index (χ3n) is 10.5. The summed E-state index contributed by atoms with van der Waals surface area (Å²) >= 11 is 0. The second-order valence-electron chi connectivity index (χ2n) is 14.1. The maximum absolute atomic E-state index is 13.9. The molecule has 9 rings (SSSR count). The van der Waals surface area contributed by atoms with Gasteiger partial charge in [0.25, 0.3) is 10.1 Å². The van der Waals surface area contributed by atoms with E-state index < -0.39 is 21.3 Å². The van der Waals surface area contributed by atoms with Gasteiger partial charge in [0, 0.05) is 35.6 Å². The standard InChI is InChI=1S/C42H38O6S/c1-28(43)47-41-23-29-22-30(24-41)26-42(25-29,27-41)48-39-35(31-14-6-2-7-15-31)37(33-18-10-4-11-19-33)40(49(44,45)46)38(34-20-12-5-13-21-34)36(39)32-16-8-3-9-17-32/h2-21,29-30H,22-27H2,1H3,(H,44,45,46). The fourth-order valence-corrected chi connectivity index (χ4v) is 10.4. The van der Waals surface area contributed by atoms with Gasteiger partial charge >= 0.3 is 5.97 Å². The molecule has 5 aromatic carbocycles. The van der Waals surface area contributed by atoms with E-state index in [1.165, 1.54) is 6.92 Å². The largest absolute Gasteiger partial charge is 0.486 e. The Balaban J connectivity index is 1.53. The van der Waals surface area contributed by atoms with Gasteiger partial charge in [-0.1, -0.05) is 121 Å². The van der Waals surface area contributed by atoms with Crippen molar-refractivity contribution < 1.29 is 27.2 Å². The Morgan fingerprint density at radius 1 is 0.612 bits per heavy atom. The molecule has 4 bridgehead atoms. The van der Waals surface area contributed by atoms with Gasteiger partial charge in [-0.25, -0.2) is 0 Å². The molecule has 2 unspecified atom stereocenters. The van der Waals surface area contributed by atoms with Crippen molar-refractivity contribution in [2.45, 2.75) is 61.5 Å². The fraction of sp³-hybridized carbons (Fsp3) is 0.262. The Bertz CT molecular complexity index is 2010. The first kappa shape index (κ1) is 31.5. The molecule has 4 aliphatic rings. The highest BCUT2D eigenvalue weighted by Gasteiger charge is 2.61. The minimum atomic E-state index is -4.83. The molecule has 0 saturated heterocycles. The van der Waals surface area contributed by atoms with Crippen molar-refractivity contribution >= 4 is 16.1 Å². The SMILES string of the molecule is CC(=O)OC12CC3CC(C1)CC(Oc1c(-c4ccccc4)c(-c4ccccc4)c(S(=O)(=O)O)c(-c4ccccc4)c1-c1ccccc1)(C3)C2. The molecule has 7 heteroatoms. The molecule has 0 heterocycles. The van der Waals surface area contributed by atoms with Crippen LogP contribution in [0.3, 0.4) is 0 Å². The summed E-state index contributed by atoms with van der Waals surface area (Å²) in [6, 6.07) is 38.1. The Hall–Kier alpha value is -4.72. The summed E-state index contributed by atoms with van der Waals surface area (Å²) in [4.78, 5) is 12.3. The topological polar surface area (TPSA) is 89.9 Å². The van der Waals surface area contributed by atoms with Crippen molar-refractivity contribution in [3.63, 3.8) is 0 Å². The zero-order valence-corrected chi connectivity index (χ0v) is 28.2. The van der Waals surface area contributed by atoms with Gasteiger partial charge in [-0.2, -0.15) is 8.42 Å². The number of hydrogen-bond donors (Lipinski definition) is 1. The van der Waals surface area contributed by atoms with E-state index in [-0.39, 0.29) is 10.9 Å². The Labute approximate surface area is 287 Å². The van der Waals surface area contributed by atoms with Crippen LogP contribution in [-0.4, -0.2) is 30.1 Å². The first-order valence-electron chi connectivity index (χ1n) is 17.0. The van der Waals surface area contributed by atoms with Crippen LogP contribution < -0.4 is 4.74 Å². The summed E-state index contributed by atoms with van der Waals surface area (Å²) in [6.07, 6.45) is 4.94. The van der Waals surface area contributed by atoms with E-state index in [1.807, 2.05) is 121 Å². The lowest BCUT2D eigenvalue weighted by molar-refractivity contribution is -0.211. The van der Waals surface area contributed by atoms with Crippen LogP contribution in [0.4, 0.5) is 0 Å². The maximum atomic E-state index is 13.9. The fourth-order valence-electron chi connectivity index (χ4n) is 9.44. The summed E-state index contributed by atoms with van der Waals surface area (Å²) in [5.41, 5.74) is 3.50. The molecule has 4 saturated carbocycles. The van der Waals surface area contributed by atoms with E-state index in [2.05, 4.69) is 0 Å². The summed E-state index contributed by atoms with van der Waals surface area (Å²) in [6.45, 7) is 1.49. The van der Waals surface area contributed by atoms with Crippen LogP contribution >= 0.6 is 0 Å². The van der Waals surface area contributed by atoms with Gasteiger partial charge in [-0.15, -0.1) is 0 Å². The Kier molecular flexibility index (Phi) is 7.73. The quantitative estimate of drug-likeness (QED) is 0.131. The third kappa shape index (κ3) is 5.75. The highest BCUT2D eigenvalue weighted by molar-refractivity contribution is 7.86. The van der Waals surface area contributed by atoms with Crippen LogP contribution in [0.15, 0.2) is 126 Å². The molecular formula is C42H38O6S. The lowest BCUT2D eigenvalue weighted by atomic mass is 9.52. The van der Waals surface area contributed by atoms with Crippen molar-refractivity contribution in [2.75, 3.05) is 0 Å². The van der Waals surface area contributed by atoms with E-state index in [0.717, 1.165) is 43.2 Å². The van der Waals surface area contributed by atoms with Crippen molar-refractivity contribution in [1.82, 2.24) is 0 Å². The molecule has 49 heavy (non-hydrogen) atoms. The summed E-state index contributed by atoms with van der Waals surface area (Å²) in [7, 11) is -4.83. The zero-order chi connectivity index (χ0) is 33.8. The van der Waals surface area contributed by atoms with Crippen molar-refractivity contribution in [2.24, 2.45) is 11.8 Å². The highest BCUT2D eigenvalue weighted by atomic mass is 32.2. The molecule has 1 N–H and O–H groups in total. The van der Waals surface area contributed by atoms with E-state index in [4.69, 9.17) is 9.47 Å². The highest BCUT2D eigenvalue weighted by Crippen LogP contribution is 2.62. The first-order chi connectivity index (χ1) is 23.6. The number of rotatable bonds is 8. The van der Waals surface area contributed by atoms with E-state index in [0.29, 0.717) is 57.4 Å². The number of ether oxygens (including phenoxy) is 2. The van der Waals surface area contributed by atoms with E-state index in [1.54, 1.807) is 0 Å². The van der Waals surface area contributed by atoms with Crippen LogP contribution in [0, 0.1) is 11.8 Å². The normalized spacial score (nSPS) is 24.0. The summed E-state index contributed by atoms with van der Waals surface area (Å²) in [5.74, 6) is 0.977. The molecule has 2 atom stereocenters. The predicted molar refractivity (Wildman–Crippen MR) is 191 cm³/mol. The minimum Gasteiger partial charge on any atom is -0.486 e. The van der Waals surface area contributed by atoms with Gasteiger partial charge in [0.05, 0.1) is 0 Å². The molecule has 4 aliphatic carbocycles. The van der Waals surface area contributed by atoms with Crippen LogP contribution in [0.2, 0.25) is 0 Å². The predicted octanol–water partition coefficient (Wildman–Crippen LogP) is 9.63. The van der Waals surface area contributed by atoms with Gasteiger partial charge < -0.3 is 9.47 Å². The number of hydrogen-bond acceptors (Lipinski definition) is 5. The summed E-state index contributed by atoms with van der Waals surface area (Å²) in [5, 5.41) is 0. The second-order valence-corrected chi connectivity index (χ2v) is 15.5. The minimum absolute atomic E-state index is 0.170. The molecular weight excluding hydrogens is 633 g/mol. The molecule has 4 fully saturated rings. The molecule has 6 nitrogen and oxygen atoms in total. The average Bonchev–Trinajstić information content (AvgIpc) is 3.07. The third-order valence-corrected chi connectivity index (χ3v) is 11.5. The Morgan fingerprint density at radius 2 is 0.980 bits per heavy atom. The van der Waals surface area contributed by atoms with Gasteiger partial charge in [0.1, 0.15) is 21.8 Å². The number of esters is 1. The lowest BCUT2D eigenvalue weighted by Crippen LogP contribution is -2.62. The van der Waals surface area contributed by atoms with Crippen LogP contribution in [0.25, 0.3) is 44.5 Å². The molecule has 0 aromatic heterocycles. The zero-order valence-electron chi connectivity index (χ0n) is 27.3. The first-order valence-corrected chi connectivity index (χ1v) is 18.4. The molecule has 0 radical (unpaired) electrons. The smallest absolute Gasteiger partial charge is 0.303 e. The molecule has 0 amide bonds. The molecule has 0 spiro atoms. The van der Waals surface area contributed by atoms with E-state index in [9.17, 15) is 17.8 Å². The number of carbonyl (C=O) groups is 1. The number of benzene rings is 5. The number of carbonyl (C=O) groups excluding carboxylic acids is 1. The monoisotopic (exact) mass is 670 g/mol. The Morgan fingerprint density at radius 3 is 1.35 bits per heavy atom. The van der Waals surface area contributed by atoms with Gasteiger partial charge in [0.2, 0.25) is 0 Å². The van der Waals surface area contributed by atoms with Crippen molar-refractivity contribution in [1.29, 1.82) is 0 Å². The molecule has 5 aromatic rings. The van der Waals surface area contributed by atoms with Crippen molar-refractivity contribution in [3.05, 3.63) is 121 Å². The van der Waals surface area contributed by atoms with Gasteiger partial charge in [0.15, 0.2) is 0 Å². The van der Waals surface area contributed by atoms with Gasteiger partial charge in [-0.05, 0) is 66.2 Å². The van der Waals surface area contributed by atoms with Crippen LogP contribution in [-0.2, 0) is 19.6 Å². The van der Waals surface area contributed by atoms with Crippen LogP contribution in [0.1, 0.15) is 45.4 Å².